The fourth-order valence-electron chi connectivity index (χ4n) is 8.59. The quantitative estimate of drug-likeness (QED) is 0.182. The van der Waals surface area contributed by atoms with Gasteiger partial charge in [-0.2, -0.15) is 0 Å². The fraction of sp³-hybridized carbons (Fsp3) is 0. The van der Waals surface area contributed by atoms with Crippen LogP contribution in [0.15, 0.2) is 186 Å². The monoisotopic (exact) mass is 714 g/mol. The van der Waals surface area contributed by atoms with Gasteiger partial charge in [-0.3, -0.25) is 0 Å². The number of furan rings is 1. The van der Waals surface area contributed by atoms with Crippen LogP contribution in [0, 0.1) is 0 Å². The summed E-state index contributed by atoms with van der Waals surface area (Å²) in [5.41, 5.74) is 7.54. The molecular weight excluding hydrogens is 685 g/mol. The number of para-hydroxylation sites is 2. The normalized spacial score (nSPS) is 11.9. The maximum Gasteiger partial charge on any atom is 0.164 e. The molecule has 0 aliphatic heterocycles. The number of aromatic nitrogens is 4. The molecule has 9 aromatic carbocycles. The van der Waals surface area contributed by atoms with Crippen molar-refractivity contribution < 1.29 is 4.42 Å². The molecule has 5 heteroatoms. The Kier molecular flexibility index (Phi) is 6.56. The predicted octanol–water partition coefficient (Wildman–Crippen LogP) is 13.3. The van der Waals surface area contributed by atoms with Gasteiger partial charge in [0.05, 0.1) is 16.7 Å². The zero-order chi connectivity index (χ0) is 36.7. The highest BCUT2D eigenvalue weighted by molar-refractivity contribution is 6.18. The molecule has 0 aliphatic rings. The first-order chi connectivity index (χ1) is 27.7. The highest BCUT2D eigenvalue weighted by Crippen LogP contribution is 2.43. The summed E-state index contributed by atoms with van der Waals surface area (Å²) >= 11 is 0. The van der Waals surface area contributed by atoms with Crippen LogP contribution in [0.25, 0.3) is 116 Å². The number of nitrogens with zero attached hydrogens (tertiary/aromatic N) is 4. The Morgan fingerprint density at radius 2 is 1.00 bits per heavy atom. The van der Waals surface area contributed by atoms with E-state index in [1.54, 1.807) is 0 Å². The molecule has 0 bridgehead atoms. The van der Waals surface area contributed by atoms with E-state index in [4.69, 9.17) is 19.4 Å². The average Bonchev–Trinajstić information content (AvgIpc) is 3.81. The third kappa shape index (κ3) is 4.64. The van der Waals surface area contributed by atoms with Crippen molar-refractivity contribution in [2.75, 3.05) is 0 Å². The number of fused-ring (bicyclic) bond motifs is 9. The van der Waals surface area contributed by atoms with E-state index in [1.165, 1.54) is 26.9 Å². The molecular formula is C51H30N4O. The van der Waals surface area contributed by atoms with Crippen molar-refractivity contribution in [3.05, 3.63) is 182 Å². The molecule has 0 amide bonds. The molecule has 0 atom stereocenters. The van der Waals surface area contributed by atoms with Crippen LogP contribution >= 0.6 is 0 Å². The molecule has 12 aromatic rings. The number of hydrogen-bond donors (Lipinski definition) is 0. The molecule has 0 fully saturated rings. The Labute approximate surface area is 320 Å². The standard InChI is InChI=1S/C51H30N4O/c1-2-14-33-28-36(25-24-31(33)12-1)49-52-50(39-21-11-17-32-13-5-6-18-37(32)39)54-51(53-49)41-26-27-44(48-47(41)40-20-8-10-23-46(40)56-48)55-43-22-9-7-19-38(43)42-29-34-15-3-4-16-35(34)30-45(42)55/h1-30H. The molecule has 12 rings (SSSR count). The largest absolute Gasteiger partial charge is 0.454 e. The summed E-state index contributed by atoms with van der Waals surface area (Å²) in [6.45, 7) is 0. The summed E-state index contributed by atoms with van der Waals surface area (Å²) in [6, 6.07) is 63.8. The van der Waals surface area contributed by atoms with Crippen LogP contribution in [0.2, 0.25) is 0 Å². The molecule has 0 N–H and O–H groups in total. The smallest absolute Gasteiger partial charge is 0.164 e. The summed E-state index contributed by atoms with van der Waals surface area (Å²) in [5, 5.41) is 11.3. The van der Waals surface area contributed by atoms with Crippen LogP contribution in [0.1, 0.15) is 0 Å². The van der Waals surface area contributed by atoms with Gasteiger partial charge in [-0.1, -0.05) is 140 Å². The first-order valence-electron chi connectivity index (χ1n) is 18.9. The van der Waals surface area contributed by atoms with Gasteiger partial charge >= 0.3 is 0 Å². The molecule has 0 radical (unpaired) electrons. The third-order valence-corrected chi connectivity index (χ3v) is 11.2. The molecule has 0 unspecified atom stereocenters. The topological polar surface area (TPSA) is 56.7 Å². The zero-order valence-electron chi connectivity index (χ0n) is 30.0. The van der Waals surface area contributed by atoms with Crippen molar-refractivity contribution in [2.45, 2.75) is 0 Å². The van der Waals surface area contributed by atoms with Gasteiger partial charge < -0.3 is 8.98 Å². The van der Waals surface area contributed by atoms with Gasteiger partial charge in [0.1, 0.15) is 5.58 Å². The van der Waals surface area contributed by atoms with E-state index in [1.807, 2.05) is 12.1 Å². The van der Waals surface area contributed by atoms with E-state index < -0.39 is 0 Å². The van der Waals surface area contributed by atoms with Crippen LogP contribution < -0.4 is 0 Å². The predicted molar refractivity (Wildman–Crippen MR) is 230 cm³/mol. The molecule has 260 valence electrons. The van der Waals surface area contributed by atoms with E-state index in [0.29, 0.717) is 17.5 Å². The van der Waals surface area contributed by atoms with Crippen molar-refractivity contribution >= 4 is 76.1 Å². The summed E-state index contributed by atoms with van der Waals surface area (Å²) in [5.74, 6) is 1.82. The Balaban J connectivity index is 1.16. The first-order valence-corrected chi connectivity index (χ1v) is 18.9. The lowest BCUT2D eigenvalue weighted by atomic mass is 10.0. The molecule has 0 saturated carbocycles. The zero-order valence-corrected chi connectivity index (χ0v) is 30.0. The minimum atomic E-state index is 0.586. The fourth-order valence-corrected chi connectivity index (χ4v) is 8.59. The lowest BCUT2D eigenvalue weighted by Gasteiger charge is -2.13. The second-order valence-corrected chi connectivity index (χ2v) is 14.4. The highest BCUT2D eigenvalue weighted by atomic mass is 16.3. The minimum absolute atomic E-state index is 0.586. The van der Waals surface area contributed by atoms with E-state index in [0.717, 1.165) is 71.5 Å². The van der Waals surface area contributed by atoms with Gasteiger partial charge in [0.15, 0.2) is 23.1 Å². The van der Waals surface area contributed by atoms with Crippen molar-refractivity contribution in [1.29, 1.82) is 0 Å². The van der Waals surface area contributed by atoms with E-state index in [2.05, 4.69) is 174 Å². The van der Waals surface area contributed by atoms with Crippen molar-refractivity contribution in [1.82, 2.24) is 19.5 Å². The van der Waals surface area contributed by atoms with E-state index in [-0.39, 0.29) is 0 Å². The molecule has 0 spiro atoms. The summed E-state index contributed by atoms with van der Waals surface area (Å²) in [6.07, 6.45) is 0. The molecule has 3 heterocycles. The van der Waals surface area contributed by atoms with Gasteiger partial charge in [-0.25, -0.2) is 15.0 Å². The molecule has 0 saturated heterocycles. The Bertz CT molecular complexity index is 3550. The third-order valence-electron chi connectivity index (χ3n) is 11.2. The second kappa shape index (κ2) is 11.9. The lowest BCUT2D eigenvalue weighted by molar-refractivity contribution is 0.666. The lowest BCUT2D eigenvalue weighted by Crippen LogP contribution is -2.02. The summed E-state index contributed by atoms with van der Waals surface area (Å²) in [4.78, 5) is 15.8. The average molecular weight is 715 g/mol. The van der Waals surface area contributed by atoms with Crippen LogP contribution in [-0.2, 0) is 0 Å². The van der Waals surface area contributed by atoms with Crippen LogP contribution in [-0.4, -0.2) is 19.5 Å². The molecule has 5 nitrogen and oxygen atoms in total. The SMILES string of the molecule is c1ccc2cc(-c3nc(-c4cccc5ccccc45)nc(-c4ccc(-n5c6ccccc6c6cc7ccccc7cc65)c5oc6ccccc6c45)n3)ccc2c1. The Morgan fingerprint density at radius 1 is 0.375 bits per heavy atom. The van der Waals surface area contributed by atoms with Crippen LogP contribution in [0.4, 0.5) is 0 Å². The highest BCUT2D eigenvalue weighted by Gasteiger charge is 2.23. The minimum Gasteiger partial charge on any atom is -0.454 e. The second-order valence-electron chi connectivity index (χ2n) is 14.4. The van der Waals surface area contributed by atoms with Gasteiger partial charge in [-0.15, -0.1) is 0 Å². The van der Waals surface area contributed by atoms with Crippen LogP contribution in [0.5, 0.6) is 0 Å². The number of benzene rings is 9. The summed E-state index contributed by atoms with van der Waals surface area (Å²) < 4.78 is 9.25. The maximum absolute atomic E-state index is 6.90. The number of rotatable bonds is 4. The molecule has 3 aromatic heterocycles. The molecule has 0 aliphatic carbocycles. The van der Waals surface area contributed by atoms with E-state index in [9.17, 15) is 0 Å². The number of hydrogen-bond acceptors (Lipinski definition) is 4. The Morgan fingerprint density at radius 3 is 1.84 bits per heavy atom. The van der Waals surface area contributed by atoms with Gasteiger partial charge in [-0.05, 0) is 74.8 Å². The van der Waals surface area contributed by atoms with Gasteiger partial charge in [0, 0.05) is 38.2 Å². The van der Waals surface area contributed by atoms with Gasteiger partial charge in [0.2, 0.25) is 0 Å². The van der Waals surface area contributed by atoms with Crippen molar-refractivity contribution in [3.63, 3.8) is 0 Å². The van der Waals surface area contributed by atoms with Crippen molar-refractivity contribution in [2.24, 2.45) is 0 Å². The Hall–Kier alpha value is -7.63. The first kappa shape index (κ1) is 30.8. The maximum atomic E-state index is 6.90. The van der Waals surface area contributed by atoms with Crippen LogP contribution in [0.3, 0.4) is 0 Å². The van der Waals surface area contributed by atoms with Gasteiger partial charge in [0.25, 0.3) is 0 Å². The van der Waals surface area contributed by atoms with Crippen molar-refractivity contribution in [3.8, 4) is 39.9 Å². The molecule has 56 heavy (non-hydrogen) atoms. The summed E-state index contributed by atoms with van der Waals surface area (Å²) in [7, 11) is 0. The van der Waals surface area contributed by atoms with E-state index >= 15 is 0 Å².